The van der Waals surface area contributed by atoms with Gasteiger partial charge in [-0.15, -0.1) is 0 Å². The van der Waals surface area contributed by atoms with Gasteiger partial charge in [0.1, 0.15) is 12.4 Å². The molecule has 6 heteroatoms. The molecule has 106 valence electrons. The van der Waals surface area contributed by atoms with Crippen LogP contribution < -0.4 is 14.8 Å². The van der Waals surface area contributed by atoms with E-state index >= 15 is 0 Å². The predicted octanol–water partition coefficient (Wildman–Crippen LogP) is 3.26. The smallest absolute Gasteiger partial charge is 0.233 e. The van der Waals surface area contributed by atoms with Gasteiger partial charge < -0.3 is 14.8 Å². The first kappa shape index (κ1) is 14.6. The van der Waals surface area contributed by atoms with Crippen LogP contribution in [0.4, 0.5) is 5.95 Å². The minimum atomic E-state index is 0.415. The number of anilines is 1. The summed E-state index contributed by atoms with van der Waals surface area (Å²) in [6.07, 6.45) is 1.67. The summed E-state index contributed by atoms with van der Waals surface area (Å²) >= 11 is 3.38. The number of nitrogens with one attached hydrogen (secondary N) is 1. The summed E-state index contributed by atoms with van der Waals surface area (Å²) in [5, 5.41) is 3.05. The molecule has 1 heterocycles. The lowest BCUT2D eigenvalue weighted by Crippen LogP contribution is -2.05. The van der Waals surface area contributed by atoms with E-state index in [1.54, 1.807) is 13.3 Å². The predicted molar refractivity (Wildman–Crippen MR) is 81.2 cm³/mol. The molecule has 0 saturated heterocycles. The molecule has 1 aromatic carbocycles. The van der Waals surface area contributed by atoms with Gasteiger partial charge in [-0.1, -0.05) is 12.1 Å². The van der Waals surface area contributed by atoms with Gasteiger partial charge in [-0.05, 0) is 40.5 Å². The van der Waals surface area contributed by atoms with Crippen LogP contribution in [0.1, 0.15) is 12.5 Å². The van der Waals surface area contributed by atoms with Crippen molar-refractivity contribution in [3.63, 3.8) is 0 Å². The van der Waals surface area contributed by atoms with E-state index in [9.17, 15) is 0 Å². The summed E-state index contributed by atoms with van der Waals surface area (Å²) in [5.41, 5.74) is 1.01. The molecule has 2 rings (SSSR count). The van der Waals surface area contributed by atoms with Crippen molar-refractivity contribution < 1.29 is 9.47 Å². The molecule has 20 heavy (non-hydrogen) atoms. The second kappa shape index (κ2) is 7.09. The fraction of sp³-hybridized carbons (Fsp3) is 0.286. The van der Waals surface area contributed by atoms with Gasteiger partial charge in [-0.25, -0.2) is 4.98 Å². The molecule has 0 atom stereocenters. The Morgan fingerprint density at radius 2 is 2.20 bits per heavy atom. The Balaban J connectivity index is 2.07. The van der Waals surface area contributed by atoms with Crippen molar-refractivity contribution >= 4 is 21.9 Å². The Bertz CT molecular complexity index is 578. The number of hydrogen-bond donors (Lipinski definition) is 1. The summed E-state index contributed by atoms with van der Waals surface area (Å²) in [6.45, 7) is 3.16. The first-order valence-corrected chi connectivity index (χ1v) is 7.04. The van der Waals surface area contributed by atoms with Gasteiger partial charge in [0.15, 0.2) is 0 Å². The highest BCUT2D eigenvalue weighted by molar-refractivity contribution is 9.10. The Morgan fingerprint density at radius 1 is 1.35 bits per heavy atom. The lowest BCUT2D eigenvalue weighted by molar-refractivity contribution is 0.290. The first-order valence-electron chi connectivity index (χ1n) is 6.25. The number of halogens is 1. The van der Waals surface area contributed by atoms with E-state index < -0.39 is 0 Å². The number of benzene rings is 1. The molecule has 0 fully saturated rings. The highest BCUT2D eigenvalue weighted by Gasteiger charge is 2.06. The van der Waals surface area contributed by atoms with Crippen molar-refractivity contribution in [1.29, 1.82) is 0 Å². The Hall–Kier alpha value is -1.82. The zero-order chi connectivity index (χ0) is 14.4. The molecule has 2 aromatic rings. The van der Waals surface area contributed by atoms with Crippen LogP contribution in [0.25, 0.3) is 0 Å². The van der Waals surface area contributed by atoms with Gasteiger partial charge in [-0.2, -0.15) is 4.98 Å². The maximum Gasteiger partial charge on any atom is 0.233 e. The van der Waals surface area contributed by atoms with Crippen LogP contribution in [0, 0.1) is 0 Å². The Morgan fingerprint density at radius 3 is 2.95 bits per heavy atom. The first-order chi connectivity index (χ1) is 9.72. The zero-order valence-corrected chi connectivity index (χ0v) is 13.0. The van der Waals surface area contributed by atoms with E-state index in [1.807, 2.05) is 31.2 Å². The van der Waals surface area contributed by atoms with Crippen LogP contribution >= 0.6 is 15.9 Å². The Labute approximate surface area is 126 Å². The normalized spacial score (nSPS) is 10.2. The molecule has 0 aliphatic rings. The number of aromatic nitrogens is 2. The summed E-state index contributed by atoms with van der Waals surface area (Å²) in [6, 6.07) is 7.73. The third-order valence-corrected chi connectivity index (χ3v) is 3.10. The minimum absolute atomic E-state index is 0.415. The standard InChI is InChI=1S/C14H16BrN3O2/c1-3-16-14-17-8-12(15)13(18-14)20-9-10-5-4-6-11(7-10)19-2/h4-8H,3,9H2,1-2H3,(H,16,17,18). The average Bonchev–Trinajstić information content (AvgIpc) is 2.48. The second-order valence-corrected chi connectivity index (χ2v) is 4.87. The van der Waals surface area contributed by atoms with Crippen LogP contribution in [0.2, 0.25) is 0 Å². The van der Waals surface area contributed by atoms with Gasteiger partial charge in [0.2, 0.25) is 11.8 Å². The molecule has 1 N–H and O–H groups in total. The molecule has 0 aliphatic carbocycles. The number of methoxy groups -OCH3 is 1. The largest absolute Gasteiger partial charge is 0.497 e. The van der Waals surface area contributed by atoms with E-state index in [1.165, 1.54) is 0 Å². The molecule has 0 bridgehead atoms. The highest BCUT2D eigenvalue weighted by Crippen LogP contribution is 2.24. The molecule has 0 saturated carbocycles. The summed E-state index contributed by atoms with van der Waals surface area (Å²) < 4.78 is 11.6. The van der Waals surface area contributed by atoms with Crippen molar-refractivity contribution in [3.05, 3.63) is 40.5 Å². The third-order valence-electron chi connectivity index (χ3n) is 2.56. The van der Waals surface area contributed by atoms with Crippen LogP contribution in [0.3, 0.4) is 0 Å². The molecule has 0 spiro atoms. The van der Waals surface area contributed by atoms with Crippen molar-refractivity contribution in [2.75, 3.05) is 19.0 Å². The summed E-state index contributed by atoms with van der Waals surface area (Å²) in [7, 11) is 1.64. The fourth-order valence-electron chi connectivity index (χ4n) is 1.61. The lowest BCUT2D eigenvalue weighted by atomic mass is 10.2. The zero-order valence-electron chi connectivity index (χ0n) is 11.4. The van der Waals surface area contributed by atoms with Crippen molar-refractivity contribution in [1.82, 2.24) is 9.97 Å². The second-order valence-electron chi connectivity index (χ2n) is 4.02. The van der Waals surface area contributed by atoms with Crippen LogP contribution in [0.15, 0.2) is 34.9 Å². The molecule has 0 aliphatic heterocycles. The van der Waals surface area contributed by atoms with E-state index in [4.69, 9.17) is 9.47 Å². The summed E-state index contributed by atoms with van der Waals surface area (Å²) in [5.74, 6) is 1.87. The fourth-order valence-corrected chi connectivity index (χ4v) is 1.92. The van der Waals surface area contributed by atoms with Crippen molar-refractivity contribution in [3.8, 4) is 11.6 Å². The monoisotopic (exact) mass is 337 g/mol. The number of hydrogen-bond acceptors (Lipinski definition) is 5. The maximum absolute atomic E-state index is 5.72. The van der Waals surface area contributed by atoms with Crippen LogP contribution in [-0.4, -0.2) is 23.6 Å². The maximum atomic E-state index is 5.72. The van der Waals surface area contributed by atoms with Gasteiger partial charge in [-0.3, -0.25) is 0 Å². The van der Waals surface area contributed by atoms with Crippen LogP contribution in [0.5, 0.6) is 11.6 Å². The molecular formula is C14H16BrN3O2. The molecule has 1 aromatic heterocycles. The average molecular weight is 338 g/mol. The quantitative estimate of drug-likeness (QED) is 0.876. The third kappa shape index (κ3) is 3.84. The van der Waals surface area contributed by atoms with E-state index in [-0.39, 0.29) is 0 Å². The van der Waals surface area contributed by atoms with E-state index in [2.05, 4.69) is 31.2 Å². The van der Waals surface area contributed by atoms with Crippen molar-refractivity contribution in [2.45, 2.75) is 13.5 Å². The molecule has 0 radical (unpaired) electrons. The molecule has 0 amide bonds. The molecule has 0 unspecified atom stereocenters. The van der Waals surface area contributed by atoms with Gasteiger partial charge in [0, 0.05) is 6.54 Å². The SMILES string of the molecule is CCNc1ncc(Br)c(OCc2cccc(OC)c2)n1. The van der Waals surface area contributed by atoms with Gasteiger partial charge >= 0.3 is 0 Å². The minimum Gasteiger partial charge on any atom is -0.497 e. The summed E-state index contributed by atoms with van der Waals surface area (Å²) in [4.78, 5) is 8.44. The highest BCUT2D eigenvalue weighted by atomic mass is 79.9. The number of rotatable bonds is 6. The number of ether oxygens (including phenoxy) is 2. The van der Waals surface area contributed by atoms with E-state index in [0.29, 0.717) is 18.4 Å². The molecular weight excluding hydrogens is 322 g/mol. The van der Waals surface area contributed by atoms with Crippen molar-refractivity contribution in [2.24, 2.45) is 0 Å². The van der Waals surface area contributed by atoms with Gasteiger partial charge in [0.25, 0.3) is 0 Å². The van der Waals surface area contributed by atoms with Crippen LogP contribution in [-0.2, 0) is 6.61 Å². The lowest BCUT2D eigenvalue weighted by Gasteiger charge is -2.09. The van der Waals surface area contributed by atoms with E-state index in [0.717, 1.165) is 22.3 Å². The van der Waals surface area contributed by atoms with Gasteiger partial charge in [0.05, 0.1) is 17.8 Å². The molecule has 5 nitrogen and oxygen atoms in total. The topological polar surface area (TPSA) is 56.3 Å². The Kier molecular flexibility index (Phi) is 5.17. The number of nitrogens with zero attached hydrogens (tertiary/aromatic N) is 2.